The molecule has 1 saturated carbocycles. The third kappa shape index (κ3) is 4.51. The highest BCUT2D eigenvalue weighted by atomic mass is 32.2. The zero-order valence-corrected chi connectivity index (χ0v) is 10.5. The highest BCUT2D eigenvalue weighted by Gasteiger charge is 2.29. The molecule has 0 amide bonds. The van der Waals surface area contributed by atoms with Crippen molar-refractivity contribution >= 4 is 9.84 Å². The van der Waals surface area contributed by atoms with E-state index in [4.69, 9.17) is 0 Å². The Labute approximate surface area is 92.8 Å². The molecular formula is C11H22O3S. The Morgan fingerprint density at radius 2 is 2.07 bits per heavy atom. The lowest BCUT2D eigenvalue weighted by Crippen LogP contribution is -2.23. The number of sulfone groups is 1. The highest BCUT2D eigenvalue weighted by Crippen LogP contribution is 2.34. The molecule has 0 aromatic carbocycles. The Hall–Kier alpha value is -0.0900. The fraction of sp³-hybridized carbons (Fsp3) is 1.00. The molecule has 0 spiro atoms. The molecule has 0 radical (unpaired) electrons. The minimum absolute atomic E-state index is 0.200. The molecule has 1 aliphatic carbocycles. The summed E-state index contributed by atoms with van der Waals surface area (Å²) in [5.74, 6) is 1.19. The molecule has 1 rings (SSSR count). The van der Waals surface area contributed by atoms with Crippen molar-refractivity contribution in [2.45, 2.75) is 45.1 Å². The molecule has 1 fully saturated rings. The van der Waals surface area contributed by atoms with Crippen LogP contribution in [0.4, 0.5) is 0 Å². The molecule has 90 valence electrons. The molecule has 0 aromatic rings. The average molecular weight is 234 g/mol. The predicted molar refractivity (Wildman–Crippen MR) is 61.5 cm³/mol. The fourth-order valence-corrected chi connectivity index (χ4v) is 3.21. The van der Waals surface area contributed by atoms with E-state index in [0.29, 0.717) is 24.7 Å². The second kappa shape index (κ2) is 5.30. The van der Waals surface area contributed by atoms with E-state index < -0.39 is 9.84 Å². The first-order valence-corrected chi connectivity index (χ1v) is 7.82. The van der Waals surface area contributed by atoms with E-state index in [-0.39, 0.29) is 11.9 Å². The van der Waals surface area contributed by atoms with Crippen LogP contribution in [0.3, 0.4) is 0 Å². The van der Waals surface area contributed by atoms with Crippen molar-refractivity contribution in [3.63, 3.8) is 0 Å². The van der Waals surface area contributed by atoms with Crippen molar-refractivity contribution in [1.82, 2.24) is 0 Å². The first-order chi connectivity index (χ1) is 6.90. The largest absolute Gasteiger partial charge is 0.393 e. The lowest BCUT2D eigenvalue weighted by atomic mass is 9.90. The minimum atomic E-state index is -2.87. The average Bonchev–Trinajstić information content (AvgIpc) is 2.48. The summed E-state index contributed by atoms with van der Waals surface area (Å²) in [6.07, 6.45) is 5.66. The van der Waals surface area contributed by atoms with Crippen molar-refractivity contribution in [1.29, 1.82) is 0 Å². The van der Waals surface area contributed by atoms with E-state index in [1.807, 2.05) is 0 Å². The predicted octanol–water partition coefficient (Wildman–Crippen LogP) is 1.61. The number of hydrogen-bond acceptors (Lipinski definition) is 3. The Bertz CT molecular complexity index is 284. The quantitative estimate of drug-likeness (QED) is 0.786. The summed E-state index contributed by atoms with van der Waals surface area (Å²) in [4.78, 5) is 0. The van der Waals surface area contributed by atoms with Crippen LogP contribution in [0.2, 0.25) is 0 Å². The summed E-state index contributed by atoms with van der Waals surface area (Å²) in [5, 5.41) is 9.92. The monoisotopic (exact) mass is 234 g/mol. The Kier molecular flexibility index (Phi) is 4.59. The zero-order valence-electron chi connectivity index (χ0n) is 9.65. The SMILES string of the molecule is CC1CCCC1C(O)CCCS(C)(=O)=O. The maximum atomic E-state index is 10.9. The number of rotatable bonds is 5. The molecule has 1 aliphatic rings. The van der Waals surface area contributed by atoms with Crippen molar-refractivity contribution in [3.05, 3.63) is 0 Å². The second-order valence-corrected chi connectivity index (χ2v) is 7.17. The van der Waals surface area contributed by atoms with Crippen molar-refractivity contribution < 1.29 is 13.5 Å². The number of aliphatic hydroxyl groups is 1. The van der Waals surface area contributed by atoms with Gasteiger partial charge in [-0.05, 0) is 31.1 Å². The van der Waals surface area contributed by atoms with Gasteiger partial charge in [0.2, 0.25) is 0 Å². The van der Waals surface area contributed by atoms with Gasteiger partial charge in [-0.25, -0.2) is 8.42 Å². The van der Waals surface area contributed by atoms with Crippen LogP contribution in [-0.2, 0) is 9.84 Å². The van der Waals surface area contributed by atoms with Gasteiger partial charge in [0.15, 0.2) is 0 Å². The van der Waals surface area contributed by atoms with Gasteiger partial charge in [0.05, 0.1) is 6.10 Å². The summed E-state index contributed by atoms with van der Waals surface area (Å²) >= 11 is 0. The smallest absolute Gasteiger partial charge is 0.147 e. The van der Waals surface area contributed by atoms with Gasteiger partial charge in [0.25, 0.3) is 0 Å². The molecule has 4 heteroatoms. The summed E-state index contributed by atoms with van der Waals surface area (Å²) < 4.78 is 21.8. The van der Waals surface area contributed by atoms with Crippen LogP contribution in [0.15, 0.2) is 0 Å². The molecule has 0 heterocycles. The van der Waals surface area contributed by atoms with Gasteiger partial charge < -0.3 is 5.11 Å². The van der Waals surface area contributed by atoms with E-state index in [0.717, 1.165) is 6.42 Å². The van der Waals surface area contributed by atoms with Crippen LogP contribution in [0.1, 0.15) is 39.0 Å². The van der Waals surface area contributed by atoms with Crippen LogP contribution < -0.4 is 0 Å². The van der Waals surface area contributed by atoms with Gasteiger partial charge in [0, 0.05) is 12.0 Å². The molecule has 15 heavy (non-hydrogen) atoms. The lowest BCUT2D eigenvalue weighted by Gasteiger charge is -2.21. The van der Waals surface area contributed by atoms with Gasteiger partial charge in [0.1, 0.15) is 9.84 Å². The van der Waals surface area contributed by atoms with Crippen LogP contribution in [-0.4, -0.2) is 31.6 Å². The third-order valence-electron chi connectivity index (χ3n) is 3.44. The molecule has 3 nitrogen and oxygen atoms in total. The Morgan fingerprint density at radius 3 is 2.53 bits per heavy atom. The molecule has 0 aromatic heterocycles. The third-order valence-corrected chi connectivity index (χ3v) is 4.47. The molecule has 0 bridgehead atoms. The van der Waals surface area contributed by atoms with Gasteiger partial charge in [-0.3, -0.25) is 0 Å². The summed E-state index contributed by atoms with van der Waals surface area (Å²) in [6.45, 7) is 2.18. The molecule has 0 aliphatic heterocycles. The van der Waals surface area contributed by atoms with Crippen LogP contribution in [0, 0.1) is 11.8 Å². The minimum Gasteiger partial charge on any atom is -0.393 e. The molecule has 3 unspecified atom stereocenters. The summed E-state index contributed by atoms with van der Waals surface area (Å²) in [6, 6.07) is 0. The van der Waals surface area contributed by atoms with Gasteiger partial charge in [-0.2, -0.15) is 0 Å². The van der Waals surface area contributed by atoms with E-state index in [2.05, 4.69) is 6.92 Å². The van der Waals surface area contributed by atoms with E-state index in [9.17, 15) is 13.5 Å². The Morgan fingerprint density at radius 1 is 1.40 bits per heavy atom. The van der Waals surface area contributed by atoms with Crippen molar-refractivity contribution in [2.24, 2.45) is 11.8 Å². The van der Waals surface area contributed by atoms with Crippen LogP contribution in [0.5, 0.6) is 0 Å². The van der Waals surface area contributed by atoms with Crippen LogP contribution >= 0.6 is 0 Å². The first kappa shape index (κ1) is 13.0. The van der Waals surface area contributed by atoms with E-state index in [1.54, 1.807) is 0 Å². The van der Waals surface area contributed by atoms with Gasteiger partial charge in [-0.15, -0.1) is 0 Å². The van der Waals surface area contributed by atoms with Gasteiger partial charge >= 0.3 is 0 Å². The first-order valence-electron chi connectivity index (χ1n) is 5.76. The van der Waals surface area contributed by atoms with E-state index >= 15 is 0 Å². The van der Waals surface area contributed by atoms with Crippen molar-refractivity contribution in [3.8, 4) is 0 Å². The second-order valence-electron chi connectivity index (χ2n) is 4.91. The van der Waals surface area contributed by atoms with Crippen molar-refractivity contribution in [2.75, 3.05) is 12.0 Å². The molecular weight excluding hydrogens is 212 g/mol. The standard InChI is InChI=1S/C11H22O3S/c1-9-5-3-6-10(9)11(12)7-4-8-15(2,13)14/h9-12H,3-8H2,1-2H3. The van der Waals surface area contributed by atoms with Crippen LogP contribution in [0.25, 0.3) is 0 Å². The molecule has 1 N–H and O–H groups in total. The molecule has 3 atom stereocenters. The lowest BCUT2D eigenvalue weighted by molar-refractivity contribution is 0.0815. The highest BCUT2D eigenvalue weighted by molar-refractivity contribution is 7.90. The maximum Gasteiger partial charge on any atom is 0.147 e. The summed E-state index contributed by atoms with van der Waals surface area (Å²) in [5.41, 5.74) is 0. The van der Waals surface area contributed by atoms with E-state index in [1.165, 1.54) is 19.1 Å². The normalized spacial score (nSPS) is 29.3. The maximum absolute atomic E-state index is 10.9. The topological polar surface area (TPSA) is 54.4 Å². The Balaban J connectivity index is 2.27. The number of aliphatic hydroxyl groups excluding tert-OH is 1. The zero-order chi connectivity index (χ0) is 11.5. The summed E-state index contributed by atoms with van der Waals surface area (Å²) in [7, 11) is -2.87. The number of hydrogen-bond donors (Lipinski definition) is 1. The van der Waals surface area contributed by atoms with Gasteiger partial charge in [-0.1, -0.05) is 19.8 Å². The fourth-order valence-electron chi connectivity index (χ4n) is 2.51. The molecule has 0 saturated heterocycles.